The highest BCUT2D eigenvalue weighted by Crippen LogP contribution is 2.20. The molecule has 2 aromatic rings. The van der Waals surface area contributed by atoms with E-state index in [0.29, 0.717) is 11.4 Å². The molecule has 0 saturated heterocycles. The van der Waals surface area contributed by atoms with Crippen molar-refractivity contribution in [3.63, 3.8) is 0 Å². The van der Waals surface area contributed by atoms with E-state index in [9.17, 15) is 14.0 Å². The average molecular weight is 318 g/mol. The molecule has 0 atom stereocenters. The van der Waals surface area contributed by atoms with E-state index in [4.69, 9.17) is 0 Å². The number of carbonyl (C=O) groups is 2. The molecule has 0 spiro atoms. The third-order valence-corrected chi connectivity index (χ3v) is 3.62. The maximum absolute atomic E-state index is 13.8. The molecule has 2 amide bonds. The van der Waals surface area contributed by atoms with Gasteiger partial charge in [0.05, 0.1) is 5.56 Å². The number of hydrogen-bond donors (Lipinski definition) is 2. The van der Waals surface area contributed by atoms with Crippen molar-refractivity contribution in [1.29, 1.82) is 0 Å². The molecule has 114 valence electrons. The van der Waals surface area contributed by atoms with Crippen molar-refractivity contribution in [2.75, 3.05) is 16.9 Å². The molecule has 2 aromatic carbocycles. The Morgan fingerprint density at radius 3 is 2.23 bits per heavy atom. The first-order chi connectivity index (χ1) is 10.5. The molecule has 0 heterocycles. The van der Waals surface area contributed by atoms with Crippen LogP contribution in [0, 0.1) is 5.82 Å². The lowest BCUT2D eigenvalue weighted by Crippen LogP contribution is -2.15. The fourth-order valence-corrected chi connectivity index (χ4v) is 2.26. The normalized spacial score (nSPS) is 10.1. The highest BCUT2D eigenvalue weighted by Gasteiger charge is 2.13. The lowest BCUT2D eigenvalue weighted by Gasteiger charge is -2.09. The summed E-state index contributed by atoms with van der Waals surface area (Å²) in [4.78, 5) is 24.2. The first kappa shape index (κ1) is 16.0. The number of rotatable bonds is 4. The van der Waals surface area contributed by atoms with Gasteiger partial charge < -0.3 is 10.6 Å². The van der Waals surface area contributed by atoms with Gasteiger partial charge in [-0.3, -0.25) is 9.59 Å². The number of halogens is 1. The number of thioether (sulfide) groups is 1. The SMILES string of the molecule is CSc1ccc(NC(=O)c2cc(NC(C)=O)ccc2F)cc1. The number of nitrogens with one attached hydrogen (secondary N) is 2. The second-order valence-corrected chi connectivity index (χ2v) is 5.44. The molecule has 0 aliphatic carbocycles. The van der Waals surface area contributed by atoms with E-state index in [-0.39, 0.29) is 11.5 Å². The molecule has 0 saturated carbocycles. The van der Waals surface area contributed by atoms with Crippen molar-refractivity contribution in [2.45, 2.75) is 11.8 Å². The third-order valence-electron chi connectivity index (χ3n) is 2.88. The highest BCUT2D eigenvalue weighted by atomic mass is 32.2. The Labute approximate surface area is 132 Å². The van der Waals surface area contributed by atoms with Crippen LogP contribution >= 0.6 is 11.8 Å². The zero-order chi connectivity index (χ0) is 16.1. The van der Waals surface area contributed by atoms with Crippen molar-refractivity contribution in [3.05, 3.63) is 53.8 Å². The minimum atomic E-state index is -0.646. The quantitative estimate of drug-likeness (QED) is 0.844. The van der Waals surface area contributed by atoms with Crippen LogP contribution in [-0.2, 0) is 4.79 Å². The van der Waals surface area contributed by atoms with Crippen LogP contribution < -0.4 is 10.6 Å². The highest BCUT2D eigenvalue weighted by molar-refractivity contribution is 7.98. The van der Waals surface area contributed by atoms with Crippen LogP contribution in [0.15, 0.2) is 47.4 Å². The molecule has 0 fully saturated rings. The lowest BCUT2D eigenvalue weighted by atomic mass is 10.1. The van der Waals surface area contributed by atoms with Gasteiger partial charge in [0.2, 0.25) is 5.91 Å². The smallest absolute Gasteiger partial charge is 0.258 e. The van der Waals surface area contributed by atoms with E-state index < -0.39 is 11.7 Å². The van der Waals surface area contributed by atoms with Gasteiger partial charge in [0.25, 0.3) is 5.91 Å². The lowest BCUT2D eigenvalue weighted by molar-refractivity contribution is -0.114. The summed E-state index contributed by atoms with van der Waals surface area (Å²) in [7, 11) is 0. The average Bonchev–Trinajstić information content (AvgIpc) is 2.49. The first-order valence-corrected chi connectivity index (χ1v) is 7.74. The van der Waals surface area contributed by atoms with Gasteiger partial charge in [0.1, 0.15) is 5.82 Å². The van der Waals surface area contributed by atoms with Crippen molar-refractivity contribution in [1.82, 2.24) is 0 Å². The molecule has 0 unspecified atom stereocenters. The van der Waals surface area contributed by atoms with Crippen LogP contribution in [0.1, 0.15) is 17.3 Å². The first-order valence-electron chi connectivity index (χ1n) is 6.52. The van der Waals surface area contributed by atoms with Gasteiger partial charge in [-0.2, -0.15) is 0 Å². The topological polar surface area (TPSA) is 58.2 Å². The fourth-order valence-electron chi connectivity index (χ4n) is 1.85. The Morgan fingerprint density at radius 2 is 1.64 bits per heavy atom. The molecule has 0 aliphatic rings. The summed E-state index contributed by atoms with van der Waals surface area (Å²) in [6, 6.07) is 11.1. The molecule has 6 heteroatoms. The summed E-state index contributed by atoms with van der Waals surface area (Å²) in [5.74, 6) is -1.50. The number of hydrogen-bond acceptors (Lipinski definition) is 3. The van der Waals surface area contributed by atoms with Gasteiger partial charge in [0.15, 0.2) is 0 Å². The molecular weight excluding hydrogens is 303 g/mol. The van der Waals surface area contributed by atoms with Gasteiger partial charge in [-0.25, -0.2) is 4.39 Å². The van der Waals surface area contributed by atoms with Gasteiger partial charge in [-0.05, 0) is 48.7 Å². The molecule has 0 bridgehead atoms. The van der Waals surface area contributed by atoms with Crippen molar-refractivity contribution in [3.8, 4) is 0 Å². The minimum absolute atomic E-state index is 0.125. The minimum Gasteiger partial charge on any atom is -0.326 e. The predicted molar refractivity (Wildman–Crippen MR) is 86.9 cm³/mol. The van der Waals surface area contributed by atoms with Gasteiger partial charge in [0, 0.05) is 23.2 Å². The van der Waals surface area contributed by atoms with E-state index in [0.717, 1.165) is 11.0 Å². The van der Waals surface area contributed by atoms with Crippen molar-refractivity contribution in [2.24, 2.45) is 0 Å². The number of amides is 2. The van der Waals surface area contributed by atoms with Gasteiger partial charge in [-0.15, -0.1) is 11.8 Å². The zero-order valence-electron chi connectivity index (χ0n) is 12.1. The van der Waals surface area contributed by atoms with Crippen molar-refractivity contribution < 1.29 is 14.0 Å². The fraction of sp³-hybridized carbons (Fsp3) is 0.125. The van der Waals surface area contributed by atoms with E-state index in [1.807, 2.05) is 18.4 Å². The standard InChI is InChI=1S/C16H15FN2O2S/c1-10(20)18-12-5-8-15(17)14(9-12)16(21)19-11-3-6-13(22-2)7-4-11/h3-9H,1-2H3,(H,18,20)(H,19,21). The van der Waals surface area contributed by atoms with Crippen molar-refractivity contribution >= 4 is 35.0 Å². The number of benzene rings is 2. The Balaban J connectivity index is 2.18. The van der Waals surface area contributed by atoms with E-state index in [1.54, 1.807) is 23.9 Å². The van der Waals surface area contributed by atoms with E-state index in [1.165, 1.54) is 19.1 Å². The summed E-state index contributed by atoms with van der Waals surface area (Å²) in [5, 5.41) is 5.15. The molecule has 22 heavy (non-hydrogen) atoms. The summed E-state index contributed by atoms with van der Waals surface area (Å²) in [6.07, 6.45) is 1.95. The molecule has 0 aliphatic heterocycles. The zero-order valence-corrected chi connectivity index (χ0v) is 13.0. The largest absolute Gasteiger partial charge is 0.326 e. The summed E-state index contributed by atoms with van der Waals surface area (Å²) in [6.45, 7) is 1.34. The molecule has 4 nitrogen and oxygen atoms in total. The van der Waals surface area contributed by atoms with E-state index in [2.05, 4.69) is 10.6 Å². The van der Waals surface area contributed by atoms with Gasteiger partial charge in [-0.1, -0.05) is 0 Å². The van der Waals surface area contributed by atoms with Crippen LogP contribution in [0.2, 0.25) is 0 Å². The maximum atomic E-state index is 13.8. The van der Waals surface area contributed by atoms with Gasteiger partial charge >= 0.3 is 0 Å². The second kappa shape index (κ2) is 7.09. The van der Waals surface area contributed by atoms with Crippen LogP contribution in [0.3, 0.4) is 0 Å². The molecule has 2 N–H and O–H groups in total. The van der Waals surface area contributed by atoms with Crippen LogP contribution in [-0.4, -0.2) is 18.1 Å². The molecule has 0 radical (unpaired) electrons. The monoisotopic (exact) mass is 318 g/mol. The molecular formula is C16H15FN2O2S. The van der Waals surface area contributed by atoms with Crippen LogP contribution in [0.25, 0.3) is 0 Å². The van der Waals surface area contributed by atoms with Crippen LogP contribution in [0.4, 0.5) is 15.8 Å². The third kappa shape index (κ3) is 4.08. The van der Waals surface area contributed by atoms with Crippen LogP contribution in [0.5, 0.6) is 0 Å². The molecule has 2 rings (SSSR count). The molecule has 0 aromatic heterocycles. The Kier molecular flexibility index (Phi) is 5.16. The Bertz CT molecular complexity index is 702. The predicted octanol–water partition coefficient (Wildman–Crippen LogP) is 3.76. The Hall–Kier alpha value is -2.34. The summed E-state index contributed by atoms with van der Waals surface area (Å²) >= 11 is 1.59. The number of anilines is 2. The maximum Gasteiger partial charge on any atom is 0.258 e. The number of carbonyl (C=O) groups excluding carboxylic acids is 2. The second-order valence-electron chi connectivity index (χ2n) is 4.56. The van der Waals surface area contributed by atoms with E-state index >= 15 is 0 Å². The summed E-state index contributed by atoms with van der Waals surface area (Å²) in [5.41, 5.74) is 0.823. The Morgan fingerprint density at radius 1 is 1.00 bits per heavy atom. The summed E-state index contributed by atoms with van der Waals surface area (Å²) < 4.78 is 13.8.